The van der Waals surface area contributed by atoms with E-state index in [0.29, 0.717) is 22.7 Å². The summed E-state index contributed by atoms with van der Waals surface area (Å²) in [4.78, 5) is 79.4. The van der Waals surface area contributed by atoms with E-state index in [1.54, 1.807) is 26.0 Å². The number of methoxy groups -OCH3 is 4. The van der Waals surface area contributed by atoms with Crippen LogP contribution in [0.1, 0.15) is 45.4 Å². The van der Waals surface area contributed by atoms with Crippen LogP contribution in [0.4, 0.5) is 11.4 Å². The van der Waals surface area contributed by atoms with E-state index in [1.165, 1.54) is 37.9 Å². The van der Waals surface area contributed by atoms with Gasteiger partial charge in [-0.3, -0.25) is 44.5 Å². The van der Waals surface area contributed by atoms with Crippen molar-refractivity contribution in [3.8, 4) is 5.69 Å². The Morgan fingerprint density at radius 3 is 1.71 bits per heavy atom. The number of nitrogens with two attached hydrogens (primary N) is 1. The molecule has 0 spiro atoms. The fourth-order valence-electron chi connectivity index (χ4n) is 4.93. The van der Waals surface area contributed by atoms with E-state index < -0.39 is 41.5 Å². The van der Waals surface area contributed by atoms with E-state index >= 15 is 0 Å². The molecule has 17 nitrogen and oxygen atoms in total. The van der Waals surface area contributed by atoms with Crippen molar-refractivity contribution in [3.05, 3.63) is 113 Å². The van der Waals surface area contributed by atoms with E-state index in [2.05, 4.69) is 34.6 Å². The van der Waals surface area contributed by atoms with Gasteiger partial charge in [0, 0.05) is 17.1 Å². The number of carbonyl (C=O) groups excluding carboxylic acids is 6. The number of hydrogen-bond donors (Lipinski definition) is 3. The van der Waals surface area contributed by atoms with Crippen LogP contribution in [0.5, 0.6) is 0 Å². The molecule has 0 saturated heterocycles. The molecular weight excluding hydrogens is 752 g/mol. The minimum Gasteiger partial charge on any atom is -0.469 e. The van der Waals surface area contributed by atoms with Crippen LogP contribution in [-0.2, 0) is 54.1 Å². The number of hydrazone groups is 1. The van der Waals surface area contributed by atoms with E-state index in [4.69, 9.17) is 5.84 Å². The van der Waals surface area contributed by atoms with E-state index in [-0.39, 0.29) is 38.2 Å². The predicted molar refractivity (Wildman–Crippen MR) is 218 cm³/mol. The largest absolute Gasteiger partial charge is 0.469 e. The van der Waals surface area contributed by atoms with Crippen LogP contribution >= 0.6 is 0 Å². The molecule has 4 N–H and O–H groups in total. The van der Waals surface area contributed by atoms with Gasteiger partial charge in [0.25, 0.3) is 11.5 Å². The maximum absolute atomic E-state index is 12.2. The van der Waals surface area contributed by atoms with Gasteiger partial charge in [0.2, 0.25) is 0 Å². The summed E-state index contributed by atoms with van der Waals surface area (Å²) in [5.41, 5.74) is 6.43. The Morgan fingerprint density at radius 1 is 0.759 bits per heavy atom. The Morgan fingerprint density at radius 2 is 1.26 bits per heavy atom. The zero-order chi connectivity index (χ0) is 42.5. The van der Waals surface area contributed by atoms with Gasteiger partial charge in [-0.25, -0.2) is 9.69 Å². The number of benzene rings is 3. The molecule has 1 aliphatic heterocycles. The van der Waals surface area contributed by atoms with Crippen molar-refractivity contribution >= 4 is 52.7 Å². The molecule has 2 atom stereocenters. The molecule has 5 rings (SSSR count). The number of esters is 4. The zero-order valence-corrected chi connectivity index (χ0v) is 32.8. The summed E-state index contributed by atoms with van der Waals surface area (Å²) >= 11 is 0. The summed E-state index contributed by atoms with van der Waals surface area (Å²) in [6, 6.07) is 27.9. The fraction of sp³-hybridized carbons (Fsp3) is 0.317. The molecule has 1 amide bonds. The second kappa shape index (κ2) is 25.3. The van der Waals surface area contributed by atoms with Gasteiger partial charge in [0.15, 0.2) is 0 Å². The number of ketones is 1. The van der Waals surface area contributed by atoms with Crippen LogP contribution < -0.4 is 21.8 Å². The quantitative estimate of drug-likeness (QED) is 0.0632. The lowest BCUT2D eigenvalue weighted by Crippen LogP contribution is -2.29. The fourth-order valence-corrected chi connectivity index (χ4v) is 4.93. The lowest BCUT2D eigenvalue weighted by molar-refractivity contribution is -0.155. The van der Waals surface area contributed by atoms with Crippen molar-refractivity contribution in [2.75, 3.05) is 38.9 Å². The Labute approximate surface area is 337 Å². The van der Waals surface area contributed by atoms with Crippen LogP contribution in [0.15, 0.2) is 101 Å². The zero-order valence-electron chi connectivity index (χ0n) is 32.8. The van der Waals surface area contributed by atoms with Crippen LogP contribution in [0.3, 0.4) is 0 Å². The molecule has 0 saturated carbocycles. The average Bonchev–Trinajstić information content (AvgIpc) is 3.68. The molecule has 1 aliphatic rings. The van der Waals surface area contributed by atoms with Gasteiger partial charge in [-0.15, -0.1) is 0 Å². The van der Waals surface area contributed by atoms with Gasteiger partial charge in [0.1, 0.15) is 11.7 Å². The molecule has 58 heavy (non-hydrogen) atoms. The lowest BCUT2D eigenvalue weighted by Gasteiger charge is -2.13. The molecule has 17 heteroatoms. The Hall–Kier alpha value is -6.88. The molecular formula is C41H52N6O11. The topological polar surface area (TPSA) is 231 Å². The third kappa shape index (κ3) is 15.0. The Bertz CT molecular complexity index is 2030. The highest BCUT2D eigenvalue weighted by Crippen LogP contribution is 2.25. The van der Waals surface area contributed by atoms with Crippen molar-refractivity contribution in [1.29, 1.82) is 0 Å². The van der Waals surface area contributed by atoms with Crippen LogP contribution in [0.25, 0.3) is 5.69 Å². The number of aromatic amines is 1. The molecule has 312 valence electrons. The van der Waals surface area contributed by atoms with Gasteiger partial charge >= 0.3 is 23.9 Å². The average molecular weight is 805 g/mol. The second-order valence-electron chi connectivity index (χ2n) is 12.0. The third-order valence-corrected chi connectivity index (χ3v) is 8.14. The summed E-state index contributed by atoms with van der Waals surface area (Å²) in [6.45, 7) is 4.73. The molecule has 4 aromatic rings. The molecule has 2 unspecified atom stereocenters. The maximum Gasteiger partial charge on any atom is 0.316 e. The monoisotopic (exact) mass is 804 g/mol. The van der Waals surface area contributed by atoms with Crippen molar-refractivity contribution in [2.45, 2.75) is 47.5 Å². The molecule has 0 fully saturated rings. The number of aromatic nitrogens is 2. The number of Topliss-reactive ketones (excluding diaryl/α,β-unsaturated/α-hetero) is 1. The number of ether oxygens (including phenoxy) is 4. The molecule has 2 heterocycles. The number of hydrazine groups is 1. The van der Waals surface area contributed by atoms with Crippen molar-refractivity contribution in [3.63, 3.8) is 0 Å². The van der Waals surface area contributed by atoms with Crippen LogP contribution in [-0.4, -0.2) is 79.5 Å². The van der Waals surface area contributed by atoms with Gasteiger partial charge in [0.05, 0.1) is 70.6 Å². The summed E-state index contributed by atoms with van der Waals surface area (Å²) < 4.78 is 19.3. The van der Waals surface area contributed by atoms with E-state index in [9.17, 15) is 33.6 Å². The first-order chi connectivity index (χ1) is 27.2. The molecule has 0 aliphatic carbocycles. The SMILES string of the molecule is C.COC(=O)CC(C(C)=O)C(=O)OC.COC(=O)CC1C(=O)N(c2ccccc2)N=C1C.COC(=O)Cc1c(C)[nH]n(-c2ccccc2)c1=O.NNc1ccccc1. The third-order valence-electron chi connectivity index (χ3n) is 8.14. The minimum absolute atomic E-state index is 0. The number of rotatable bonds is 11. The van der Waals surface area contributed by atoms with Crippen molar-refractivity contribution < 1.29 is 47.7 Å². The number of nitrogens with one attached hydrogen (secondary N) is 2. The Kier molecular flexibility index (Phi) is 21.4. The number of para-hydroxylation sites is 3. The van der Waals surface area contributed by atoms with Gasteiger partial charge in [-0.1, -0.05) is 62.0 Å². The number of amides is 1. The van der Waals surface area contributed by atoms with Crippen molar-refractivity contribution in [1.82, 2.24) is 9.78 Å². The van der Waals surface area contributed by atoms with Crippen LogP contribution in [0.2, 0.25) is 0 Å². The summed E-state index contributed by atoms with van der Waals surface area (Å²) in [5.74, 6) is 0.801. The Balaban J connectivity index is 0.000000399. The first-order valence-electron chi connectivity index (χ1n) is 17.3. The normalized spacial score (nSPS) is 12.8. The smallest absolute Gasteiger partial charge is 0.316 e. The highest BCUT2D eigenvalue weighted by atomic mass is 16.5. The summed E-state index contributed by atoms with van der Waals surface area (Å²) in [7, 11) is 4.97. The summed E-state index contributed by atoms with van der Waals surface area (Å²) in [6.07, 6.45) is -0.246. The minimum atomic E-state index is -1.04. The number of anilines is 2. The first-order valence-corrected chi connectivity index (χ1v) is 17.3. The lowest BCUT2D eigenvalue weighted by atomic mass is 10.0. The van der Waals surface area contributed by atoms with E-state index in [1.807, 2.05) is 78.9 Å². The van der Waals surface area contributed by atoms with E-state index in [0.717, 1.165) is 18.5 Å². The molecule has 0 radical (unpaired) electrons. The molecule has 3 aromatic carbocycles. The number of aryl methyl sites for hydroxylation is 1. The number of carbonyl (C=O) groups is 6. The number of H-pyrrole nitrogens is 1. The number of nitrogens with zero attached hydrogens (tertiary/aromatic N) is 3. The number of nitrogen functional groups attached to an aromatic ring is 1. The molecule has 1 aromatic heterocycles. The standard InChI is InChI=1S/2C13H14N2O3.C8H12O5.C6H8N2.CH4/c2*1-9-11(8-12(16)18-2)13(17)15(14-9)10-6-4-3-5-7-10;1-5(9)6(8(11)13-3)4-7(10)12-2;7-8-6-4-2-1-3-5-6;/h3-7,14H,8H2,1-2H3;3-7,11H,8H2,1-2H3;6H,4H2,1-3H3;1-5,8H,7H2;1H4. The number of hydrogen-bond acceptors (Lipinski definition) is 14. The second-order valence-corrected chi connectivity index (χ2v) is 12.0. The van der Waals surface area contributed by atoms with Gasteiger partial charge in [-0.05, 0) is 57.2 Å². The van der Waals surface area contributed by atoms with Crippen molar-refractivity contribution in [2.24, 2.45) is 22.8 Å². The highest BCUT2D eigenvalue weighted by molar-refractivity contribution is 6.16. The van der Waals surface area contributed by atoms with Crippen LogP contribution in [0, 0.1) is 18.8 Å². The summed E-state index contributed by atoms with van der Waals surface area (Å²) in [5, 5.41) is 8.49. The first kappa shape index (κ1) is 49.1. The van der Waals surface area contributed by atoms with Gasteiger partial charge in [-0.2, -0.15) is 5.10 Å². The maximum atomic E-state index is 12.2. The predicted octanol–water partition coefficient (Wildman–Crippen LogP) is 4.31. The van der Waals surface area contributed by atoms with Gasteiger partial charge < -0.3 is 24.4 Å². The highest BCUT2D eigenvalue weighted by Gasteiger charge is 2.36. The molecule has 0 bridgehead atoms.